The van der Waals surface area contributed by atoms with E-state index in [1.165, 1.54) is 0 Å². The van der Waals surface area contributed by atoms with E-state index >= 15 is 0 Å². The van der Waals surface area contributed by atoms with Crippen LogP contribution in [0.25, 0.3) is 11.1 Å². The van der Waals surface area contributed by atoms with E-state index in [1.807, 2.05) is 25.1 Å². The average molecular weight is 293 g/mol. The van der Waals surface area contributed by atoms with E-state index in [4.69, 9.17) is 0 Å². The van der Waals surface area contributed by atoms with Gasteiger partial charge in [0.2, 0.25) is 0 Å². The van der Waals surface area contributed by atoms with Crippen LogP contribution in [0.4, 0.5) is 13.2 Å². The quantitative estimate of drug-likeness (QED) is 0.628. The number of aryl methyl sites for hydroxylation is 1. The third kappa shape index (κ3) is 3.64. The zero-order valence-corrected chi connectivity index (χ0v) is 12.1. The Kier molecular flexibility index (Phi) is 5.02. The lowest BCUT2D eigenvalue weighted by molar-refractivity contribution is 0.447. The van der Waals surface area contributed by atoms with Gasteiger partial charge in [0, 0.05) is 6.54 Å². The molecule has 0 aliphatic heterocycles. The summed E-state index contributed by atoms with van der Waals surface area (Å²) in [6, 6.07) is 7.81. The number of halogens is 3. The number of hydrogen-bond acceptors (Lipinski definition) is 1. The van der Waals surface area contributed by atoms with Crippen molar-refractivity contribution in [3.8, 4) is 11.1 Å². The molecular formula is C17H18F3N. The predicted molar refractivity (Wildman–Crippen MR) is 78.5 cm³/mol. The number of benzene rings is 2. The van der Waals surface area contributed by atoms with Crippen molar-refractivity contribution in [1.82, 2.24) is 5.32 Å². The topological polar surface area (TPSA) is 12.0 Å². The monoisotopic (exact) mass is 293 g/mol. The van der Waals surface area contributed by atoms with Gasteiger partial charge in [-0.15, -0.1) is 0 Å². The Bertz CT molecular complexity index is 615. The second-order valence-corrected chi connectivity index (χ2v) is 5.08. The van der Waals surface area contributed by atoms with Crippen LogP contribution in [0.5, 0.6) is 0 Å². The molecule has 0 fully saturated rings. The minimum atomic E-state index is -1.43. The third-order valence-electron chi connectivity index (χ3n) is 3.35. The van der Waals surface area contributed by atoms with E-state index in [0.29, 0.717) is 17.7 Å². The molecule has 0 heterocycles. The second kappa shape index (κ2) is 6.76. The van der Waals surface area contributed by atoms with Gasteiger partial charge in [-0.2, -0.15) is 0 Å². The van der Waals surface area contributed by atoms with Gasteiger partial charge in [0.1, 0.15) is 0 Å². The fraction of sp³-hybridized carbons (Fsp3) is 0.294. The molecule has 112 valence electrons. The van der Waals surface area contributed by atoms with Crippen LogP contribution in [0.15, 0.2) is 30.3 Å². The van der Waals surface area contributed by atoms with Gasteiger partial charge in [0.15, 0.2) is 17.5 Å². The molecule has 0 unspecified atom stereocenters. The summed E-state index contributed by atoms with van der Waals surface area (Å²) < 4.78 is 39.8. The van der Waals surface area contributed by atoms with Crippen molar-refractivity contribution in [3.63, 3.8) is 0 Å². The Hall–Kier alpha value is -1.81. The highest BCUT2D eigenvalue weighted by Crippen LogP contribution is 2.27. The Labute approximate surface area is 122 Å². The molecule has 2 aromatic rings. The highest BCUT2D eigenvalue weighted by molar-refractivity contribution is 5.68. The van der Waals surface area contributed by atoms with Crippen LogP contribution in [0.2, 0.25) is 0 Å². The lowest BCUT2D eigenvalue weighted by Gasteiger charge is -2.11. The van der Waals surface area contributed by atoms with Crippen LogP contribution in [-0.2, 0) is 6.54 Å². The Morgan fingerprint density at radius 2 is 1.67 bits per heavy atom. The molecule has 4 heteroatoms. The minimum Gasteiger partial charge on any atom is -0.313 e. The molecule has 0 atom stereocenters. The maximum absolute atomic E-state index is 13.4. The molecule has 2 aromatic carbocycles. The molecule has 21 heavy (non-hydrogen) atoms. The van der Waals surface area contributed by atoms with Crippen molar-refractivity contribution in [2.24, 2.45) is 0 Å². The Morgan fingerprint density at radius 3 is 2.29 bits per heavy atom. The molecule has 0 aliphatic carbocycles. The molecule has 0 aliphatic rings. The molecule has 0 radical (unpaired) electrons. The smallest absolute Gasteiger partial charge is 0.194 e. The lowest BCUT2D eigenvalue weighted by Crippen LogP contribution is -2.13. The first kappa shape index (κ1) is 15.6. The van der Waals surface area contributed by atoms with Gasteiger partial charge in [0.05, 0.1) is 0 Å². The molecule has 0 bridgehead atoms. The van der Waals surface area contributed by atoms with Crippen LogP contribution in [0.3, 0.4) is 0 Å². The third-order valence-corrected chi connectivity index (χ3v) is 3.35. The average Bonchev–Trinajstić information content (AvgIpc) is 2.46. The van der Waals surface area contributed by atoms with Crippen LogP contribution < -0.4 is 5.32 Å². The van der Waals surface area contributed by atoms with Gasteiger partial charge in [-0.1, -0.05) is 19.1 Å². The van der Waals surface area contributed by atoms with Crippen molar-refractivity contribution in [1.29, 1.82) is 0 Å². The summed E-state index contributed by atoms with van der Waals surface area (Å²) in [6.07, 6.45) is 1.03. The van der Waals surface area contributed by atoms with E-state index in [1.54, 1.807) is 0 Å². The SMILES string of the molecule is CCCNCc1ccc(C)c(-c2cc(F)c(F)c(F)c2)c1. The Morgan fingerprint density at radius 1 is 1.00 bits per heavy atom. The largest absolute Gasteiger partial charge is 0.313 e. The van der Waals surface area contributed by atoms with Gasteiger partial charge in [-0.05, 0) is 60.3 Å². The van der Waals surface area contributed by atoms with Gasteiger partial charge >= 0.3 is 0 Å². The molecule has 0 spiro atoms. The lowest BCUT2D eigenvalue weighted by atomic mass is 9.97. The van der Waals surface area contributed by atoms with Gasteiger partial charge in [-0.25, -0.2) is 13.2 Å². The normalized spacial score (nSPS) is 10.9. The summed E-state index contributed by atoms with van der Waals surface area (Å²) in [4.78, 5) is 0. The molecule has 0 amide bonds. The van der Waals surface area contributed by atoms with Crippen LogP contribution in [0, 0.1) is 24.4 Å². The van der Waals surface area contributed by atoms with Crippen LogP contribution in [-0.4, -0.2) is 6.54 Å². The fourth-order valence-corrected chi connectivity index (χ4v) is 2.21. The fourth-order valence-electron chi connectivity index (χ4n) is 2.21. The highest BCUT2D eigenvalue weighted by Gasteiger charge is 2.13. The summed E-state index contributed by atoms with van der Waals surface area (Å²) in [5.74, 6) is -3.77. The first-order chi connectivity index (χ1) is 10.0. The van der Waals surface area contributed by atoms with Crippen molar-refractivity contribution in [2.45, 2.75) is 26.8 Å². The summed E-state index contributed by atoms with van der Waals surface area (Å²) in [7, 11) is 0. The maximum atomic E-state index is 13.4. The molecular weight excluding hydrogens is 275 g/mol. The van der Waals surface area contributed by atoms with Gasteiger partial charge < -0.3 is 5.32 Å². The van der Waals surface area contributed by atoms with E-state index in [2.05, 4.69) is 12.2 Å². The minimum absolute atomic E-state index is 0.348. The number of rotatable bonds is 5. The molecule has 1 nitrogen and oxygen atoms in total. The number of hydrogen-bond donors (Lipinski definition) is 1. The van der Waals surface area contributed by atoms with E-state index in [9.17, 15) is 13.2 Å². The summed E-state index contributed by atoms with van der Waals surface area (Å²) in [6.45, 7) is 5.53. The van der Waals surface area contributed by atoms with Crippen molar-refractivity contribution < 1.29 is 13.2 Å². The van der Waals surface area contributed by atoms with Crippen molar-refractivity contribution in [3.05, 3.63) is 58.9 Å². The zero-order chi connectivity index (χ0) is 15.4. The van der Waals surface area contributed by atoms with Gasteiger partial charge in [-0.3, -0.25) is 0 Å². The standard InChI is InChI=1S/C17H18F3N/c1-3-6-21-10-12-5-4-11(2)14(7-12)13-8-15(18)17(20)16(19)9-13/h4-5,7-9,21H,3,6,10H2,1-2H3. The zero-order valence-electron chi connectivity index (χ0n) is 12.1. The van der Waals surface area contributed by atoms with Crippen LogP contribution >= 0.6 is 0 Å². The number of nitrogens with one attached hydrogen (secondary N) is 1. The summed E-state index contributed by atoms with van der Waals surface area (Å²) >= 11 is 0. The second-order valence-electron chi connectivity index (χ2n) is 5.08. The molecule has 0 saturated heterocycles. The summed E-state index contributed by atoms with van der Waals surface area (Å²) in [5, 5.41) is 3.27. The molecule has 0 aromatic heterocycles. The Balaban J connectivity index is 2.36. The highest BCUT2D eigenvalue weighted by atomic mass is 19.2. The first-order valence-corrected chi connectivity index (χ1v) is 6.98. The predicted octanol–water partition coefficient (Wildman–Crippen LogP) is 4.58. The van der Waals surface area contributed by atoms with E-state index in [-0.39, 0.29) is 0 Å². The maximum Gasteiger partial charge on any atom is 0.194 e. The van der Waals surface area contributed by atoms with Crippen molar-refractivity contribution >= 4 is 0 Å². The summed E-state index contributed by atoms with van der Waals surface area (Å²) in [5.41, 5.74) is 2.97. The molecule has 2 rings (SSSR count). The van der Waals surface area contributed by atoms with E-state index in [0.717, 1.165) is 36.2 Å². The first-order valence-electron chi connectivity index (χ1n) is 6.98. The molecule has 1 N–H and O–H groups in total. The van der Waals surface area contributed by atoms with Crippen molar-refractivity contribution in [2.75, 3.05) is 6.54 Å². The van der Waals surface area contributed by atoms with E-state index < -0.39 is 17.5 Å². The molecule has 0 saturated carbocycles. The van der Waals surface area contributed by atoms with Crippen LogP contribution in [0.1, 0.15) is 24.5 Å². The van der Waals surface area contributed by atoms with Gasteiger partial charge in [0.25, 0.3) is 0 Å².